The first-order valence-corrected chi connectivity index (χ1v) is 7.59. The van der Waals surface area contributed by atoms with Gasteiger partial charge in [0.15, 0.2) is 0 Å². The van der Waals surface area contributed by atoms with Gasteiger partial charge in [0.1, 0.15) is 5.75 Å². The second-order valence-electron chi connectivity index (χ2n) is 6.41. The van der Waals surface area contributed by atoms with Crippen LogP contribution < -0.4 is 15.8 Å². The van der Waals surface area contributed by atoms with Crippen molar-refractivity contribution in [3.8, 4) is 5.75 Å². The van der Waals surface area contributed by atoms with Crippen LogP contribution in [0.15, 0.2) is 24.3 Å². The molecule has 0 bridgehead atoms. The second-order valence-corrected chi connectivity index (χ2v) is 6.41. The molecule has 4 nitrogen and oxygen atoms in total. The van der Waals surface area contributed by atoms with Crippen molar-refractivity contribution >= 4 is 11.6 Å². The predicted octanol–water partition coefficient (Wildman–Crippen LogP) is 3.57. The smallest absolute Gasteiger partial charge is 0.224 e. The molecule has 0 aromatic heterocycles. The number of carbonyl (C=O) groups excluding carboxylic acids is 1. The van der Waals surface area contributed by atoms with E-state index in [1.807, 2.05) is 38.1 Å². The summed E-state index contributed by atoms with van der Waals surface area (Å²) in [5, 5.41) is 2.94. The molecule has 0 spiro atoms. The highest BCUT2D eigenvalue weighted by atomic mass is 16.5. The highest BCUT2D eigenvalue weighted by Crippen LogP contribution is 2.28. The Labute approximate surface area is 128 Å². The Bertz CT molecular complexity index is 456. The molecule has 0 aliphatic carbocycles. The Morgan fingerprint density at radius 3 is 2.57 bits per heavy atom. The number of hydrogen-bond donors (Lipinski definition) is 2. The second kappa shape index (κ2) is 8.03. The van der Waals surface area contributed by atoms with Gasteiger partial charge in [-0.15, -0.1) is 0 Å². The Morgan fingerprint density at radius 2 is 1.95 bits per heavy atom. The van der Waals surface area contributed by atoms with Crippen LogP contribution in [0.1, 0.15) is 47.0 Å². The highest BCUT2D eigenvalue weighted by molar-refractivity contribution is 5.92. The zero-order chi connectivity index (χ0) is 15.9. The number of carbonyl (C=O) groups is 1. The summed E-state index contributed by atoms with van der Waals surface area (Å²) in [4.78, 5) is 12.1. The molecule has 1 aromatic carbocycles. The molecule has 1 amide bonds. The average molecular weight is 292 g/mol. The van der Waals surface area contributed by atoms with E-state index in [1.54, 1.807) is 0 Å². The van der Waals surface area contributed by atoms with Crippen LogP contribution in [0, 0.1) is 5.41 Å². The van der Waals surface area contributed by atoms with E-state index in [2.05, 4.69) is 19.2 Å². The first-order chi connectivity index (χ1) is 9.84. The Kier molecular flexibility index (Phi) is 6.69. The summed E-state index contributed by atoms with van der Waals surface area (Å²) in [6, 6.07) is 7.52. The van der Waals surface area contributed by atoms with Gasteiger partial charge in [-0.1, -0.05) is 26.0 Å². The Balaban J connectivity index is 2.59. The molecule has 0 fully saturated rings. The largest absolute Gasteiger partial charge is 0.489 e. The molecule has 0 unspecified atom stereocenters. The molecule has 0 saturated carbocycles. The zero-order valence-corrected chi connectivity index (χ0v) is 13.6. The third-order valence-electron chi connectivity index (χ3n) is 3.37. The van der Waals surface area contributed by atoms with E-state index in [1.165, 1.54) is 0 Å². The molecule has 0 radical (unpaired) electrons. The van der Waals surface area contributed by atoms with Crippen LogP contribution in [0.25, 0.3) is 0 Å². The van der Waals surface area contributed by atoms with Crippen molar-refractivity contribution in [1.29, 1.82) is 0 Å². The quantitative estimate of drug-likeness (QED) is 0.770. The first-order valence-electron chi connectivity index (χ1n) is 7.59. The van der Waals surface area contributed by atoms with Crippen LogP contribution in [0.5, 0.6) is 5.75 Å². The van der Waals surface area contributed by atoms with Crippen LogP contribution in [-0.4, -0.2) is 18.6 Å². The van der Waals surface area contributed by atoms with Gasteiger partial charge in [-0.2, -0.15) is 0 Å². The van der Waals surface area contributed by atoms with Crippen molar-refractivity contribution < 1.29 is 9.53 Å². The van der Waals surface area contributed by atoms with Gasteiger partial charge >= 0.3 is 0 Å². The fourth-order valence-electron chi connectivity index (χ4n) is 2.11. The van der Waals surface area contributed by atoms with Crippen LogP contribution in [0.3, 0.4) is 0 Å². The molecule has 0 aliphatic rings. The first kappa shape index (κ1) is 17.5. The lowest BCUT2D eigenvalue weighted by molar-refractivity contribution is -0.116. The summed E-state index contributed by atoms with van der Waals surface area (Å²) < 4.78 is 5.70. The van der Waals surface area contributed by atoms with Gasteiger partial charge in [0.2, 0.25) is 5.91 Å². The van der Waals surface area contributed by atoms with Gasteiger partial charge < -0.3 is 15.8 Å². The standard InChI is InChI=1S/C17H28N2O2/c1-13(2)21-15-8-6-5-7-14(15)19-16(20)9-10-17(3,4)11-12-18/h5-8,13H,9-12,18H2,1-4H3,(H,19,20). The predicted molar refractivity (Wildman–Crippen MR) is 87.5 cm³/mol. The topological polar surface area (TPSA) is 64.3 Å². The zero-order valence-electron chi connectivity index (χ0n) is 13.6. The number of anilines is 1. The monoisotopic (exact) mass is 292 g/mol. The summed E-state index contributed by atoms with van der Waals surface area (Å²) in [6.45, 7) is 8.87. The average Bonchev–Trinajstić information content (AvgIpc) is 2.38. The molecular weight excluding hydrogens is 264 g/mol. The maximum Gasteiger partial charge on any atom is 0.224 e. The Morgan fingerprint density at radius 1 is 1.29 bits per heavy atom. The molecule has 0 atom stereocenters. The van der Waals surface area contributed by atoms with E-state index >= 15 is 0 Å². The van der Waals surface area contributed by atoms with Crippen LogP contribution >= 0.6 is 0 Å². The molecule has 1 aromatic rings. The SMILES string of the molecule is CC(C)Oc1ccccc1NC(=O)CCC(C)(C)CCN. The molecule has 3 N–H and O–H groups in total. The van der Waals surface area contributed by atoms with E-state index in [9.17, 15) is 4.79 Å². The highest BCUT2D eigenvalue weighted by Gasteiger charge is 2.18. The molecule has 0 heterocycles. The van der Waals surface area contributed by atoms with Gasteiger partial charge in [0.05, 0.1) is 11.8 Å². The van der Waals surface area contributed by atoms with E-state index in [4.69, 9.17) is 10.5 Å². The summed E-state index contributed by atoms with van der Waals surface area (Å²) >= 11 is 0. The van der Waals surface area contributed by atoms with E-state index in [-0.39, 0.29) is 17.4 Å². The molecule has 0 aliphatic heterocycles. The van der Waals surface area contributed by atoms with E-state index < -0.39 is 0 Å². The fourth-order valence-corrected chi connectivity index (χ4v) is 2.11. The number of nitrogens with one attached hydrogen (secondary N) is 1. The number of rotatable bonds is 8. The van der Waals surface area contributed by atoms with Gasteiger partial charge in [-0.25, -0.2) is 0 Å². The maximum absolute atomic E-state index is 12.1. The number of benzene rings is 1. The molecule has 21 heavy (non-hydrogen) atoms. The molecular formula is C17H28N2O2. The maximum atomic E-state index is 12.1. The van der Waals surface area contributed by atoms with Gasteiger partial charge in [-0.05, 0) is 50.8 Å². The van der Waals surface area contributed by atoms with E-state index in [0.717, 1.165) is 18.5 Å². The van der Waals surface area contributed by atoms with Gasteiger partial charge in [0, 0.05) is 6.42 Å². The minimum absolute atomic E-state index is 0.0138. The van der Waals surface area contributed by atoms with Crippen molar-refractivity contribution in [3.05, 3.63) is 24.3 Å². The minimum Gasteiger partial charge on any atom is -0.489 e. The van der Waals surface area contributed by atoms with Gasteiger partial charge in [0.25, 0.3) is 0 Å². The lowest BCUT2D eigenvalue weighted by atomic mass is 9.84. The van der Waals surface area contributed by atoms with Crippen molar-refractivity contribution in [2.45, 2.75) is 53.1 Å². The van der Waals surface area contributed by atoms with Crippen molar-refractivity contribution in [3.63, 3.8) is 0 Å². The fraction of sp³-hybridized carbons (Fsp3) is 0.588. The van der Waals surface area contributed by atoms with Crippen molar-refractivity contribution in [1.82, 2.24) is 0 Å². The third-order valence-corrected chi connectivity index (χ3v) is 3.37. The summed E-state index contributed by atoms with van der Waals surface area (Å²) in [5.41, 5.74) is 6.42. The number of hydrogen-bond acceptors (Lipinski definition) is 3. The molecule has 0 saturated heterocycles. The molecule has 118 valence electrons. The minimum atomic E-state index is 0.0138. The lowest BCUT2D eigenvalue weighted by Crippen LogP contribution is -2.21. The van der Waals surface area contributed by atoms with Crippen molar-refractivity contribution in [2.75, 3.05) is 11.9 Å². The van der Waals surface area contributed by atoms with Crippen molar-refractivity contribution in [2.24, 2.45) is 11.1 Å². The summed E-state index contributed by atoms with van der Waals surface area (Å²) in [6.07, 6.45) is 2.31. The number of para-hydroxylation sites is 2. The number of nitrogens with two attached hydrogens (primary N) is 1. The van der Waals surface area contributed by atoms with Gasteiger partial charge in [-0.3, -0.25) is 4.79 Å². The summed E-state index contributed by atoms with van der Waals surface area (Å²) in [5.74, 6) is 0.724. The van der Waals surface area contributed by atoms with Crippen LogP contribution in [-0.2, 0) is 4.79 Å². The lowest BCUT2D eigenvalue weighted by Gasteiger charge is -2.23. The Hall–Kier alpha value is -1.55. The number of ether oxygens (including phenoxy) is 1. The van der Waals surface area contributed by atoms with Crippen LogP contribution in [0.4, 0.5) is 5.69 Å². The van der Waals surface area contributed by atoms with Crippen LogP contribution in [0.2, 0.25) is 0 Å². The summed E-state index contributed by atoms with van der Waals surface area (Å²) in [7, 11) is 0. The third kappa shape index (κ3) is 6.63. The van der Waals surface area contributed by atoms with E-state index in [0.29, 0.717) is 18.7 Å². The normalized spacial score (nSPS) is 11.5. The number of amides is 1. The molecule has 1 rings (SSSR count). The molecule has 4 heteroatoms.